The first-order valence-corrected chi connectivity index (χ1v) is 10.5. The maximum Gasteiger partial charge on any atom is 0.418 e. The smallest absolute Gasteiger partial charge is 0.418 e. The number of carbonyl (C=O) groups is 2. The summed E-state index contributed by atoms with van der Waals surface area (Å²) >= 11 is 0. The first-order chi connectivity index (χ1) is 14.4. The van der Waals surface area contributed by atoms with Gasteiger partial charge in [-0.25, -0.2) is 4.79 Å². The molecule has 1 aromatic heterocycles. The highest BCUT2D eigenvalue weighted by molar-refractivity contribution is 5.96. The van der Waals surface area contributed by atoms with Crippen molar-refractivity contribution in [3.8, 4) is 0 Å². The first kappa shape index (κ1) is 21.8. The third kappa shape index (κ3) is 5.19. The van der Waals surface area contributed by atoms with E-state index in [0.29, 0.717) is 12.5 Å². The summed E-state index contributed by atoms with van der Waals surface area (Å²) in [6.07, 6.45) is 8.93. The average Bonchev–Trinajstić information content (AvgIpc) is 3.11. The summed E-state index contributed by atoms with van der Waals surface area (Å²) in [5.74, 6) is 0.0156. The molecular weight excluding hydrogens is 378 g/mol. The van der Waals surface area contributed by atoms with Crippen molar-refractivity contribution in [2.75, 3.05) is 27.2 Å². The lowest BCUT2D eigenvalue weighted by Crippen LogP contribution is -2.23. The highest BCUT2D eigenvalue weighted by atomic mass is 16.5. The zero-order valence-corrected chi connectivity index (χ0v) is 18.3. The number of hydrogen-bond acceptors (Lipinski definition) is 5. The SMILES string of the molecule is CC(C)N1C=CCC(C(=O)CCOC(=O)n2cc(CCN(C)C)c3ccccc32)=C1. The van der Waals surface area contributed by atoms with Gasteiger partial charge in [-0.15, -0.1) is 0 Å². The lowest BCUT2D eigenvalue weighted by Gasteiger charge is -2.24. The fourth-order valence-corrected chi connectivity index (χ4v) is 3.49. The minimum absolute atomic E-state index is 0.0156. The maximum atomic E-state index is 12.7. The zero-order valence-electron chi connectivity index (χ0n) is 18.3. The van der Waals surface area contributed by atoms with Crippen molar-refractivity contribution >= 4 is 22.8 Å². The Balaban J connectivity index is 1.63. The maximum absolute atomic E-state index is 12.7. The molecule has 0 saturated heterocycles. The van der Waals surface area contributed by atoms with Crippen LogP contribution in [0.15, 0.2) is 54.5 Å². The number of ketones is 1. The number of para-hydroxylation sites is 1. The van der Waals surface area contributed by atoms with E-state index in [1.807, 2.05) is 67.9 Å². The van der Waals surface area contributed by atoms with E-state index >= 15 is 0 Å². The van der Waals surface area contributed by atoms with Gasteiger partial charge in [0, 0.05) is 48.6 Å². The second kappa shape index (κ2) is 9.76. The van der Waals surface area contributed by atoms with Crippen molar-refractivity contribution in [3.63, 3.8) is 0 Å². The number of allylic oxidation sites excluding steroid dienone is 2. The molecule has 6 heteroatoms. The van der Waals surface area contributed by atoms with Crippen molar-refractivity contribution in [1.29, 1.82) is 0 Å². The fraction of sp³-hybridized carbons (Fsp3) is 0.417. The van der Waals surface area contributed by atoms with Crippen LogP contribution in [0.3, 0.4) is 0 Å². The second-order valence-electron chi connectivity index (χ2n) is 8.17. The number of hydrogen-bond donors (Lipinski definition) is 0. The predicted molar refractivity (Wildman–Crippen MR) is 119 cm³/mol. The van der Waals surface area contributed by atoms with E-state index in [0.717, 1.165) is 35.0 Å². The first-order valence-electron chi connectivity index (χ1n) is 10.5. The largest absolute Gasteiger partial charge is 0.448 e. The van der Waals surface area contributed by atoms with E-state index in [1.165, 1.54) is 0 Å². The van der Waals surface area contributed by atoms with E-state index in [9.17, 15) is 9.59 Å². The van der Waals surface area contributed by atoms with Gasteiger partial charge in [0.25, 0.3) is 0 Å². The summed E-state index contributed by atoms with van der Waals surface area (Å²) in [6.45, 7) is 5.11. The number of Topliss-reactive ketones (excluding diaryl/α,β-unsaturated/α-hetero) is 1. The van der Waals surface area contributed by atoms with Crippen molar-refractivity contribution in [1.82, 2.24) is 14.4 Å². The average molecular weight is 410 g/mol. The molecule has 0 unspecified atom stereocenters. The highest BCUT2D eigenvalue weighted by Gasteiger charge is 2.17. The van der Waals surface area contributed by atoms with Gasteiger partial charge in [-0.3, -0.25) is 9.36 Å². The molecule has 2 heterocycles. The summed E-state index contributed by atoms with van der Waals surface area (Å²) < 4.78 is 6.99. The van der Waals surface area contributed by atoms with Crippen LogP contribution in [-0.2, 0) is 16.0 Å². The van der Waals surface area contributed by atoms with Gasteiger partial charge in [0.05, 0.1) is 5.52 Å². The van der Waals surface area contributed by atoms with E-state index < -0.39 is 6.09 Å². The molecular formula is C24H31N3O3. The van der Waals surface area contributed by atoms with Crippen LogP contribution in [0.2, 0.25) is 0 Å². The number of carbonyl (C=O) groups excluding carboxylic acids is 2. The van der Waals surface area contributed by atoms with Gasteiger partial charge in [0.1, 0.15) is 6.61 Å². The number of aromatic nitrogens is 1. The molecule has 0 radical (unpaired) electrons. The Kier molecular flexibility index (Phi) is 7.11. The van der Waals surface area contributed by atoms with Crippen LogP contribution in [-0.4, -0.2) is 59.5 Å². The Morgan fingerprint density at radius 1 is 1.20 bits per heavy atom. The molecule has 0 N–H and O–H groups in total. The number of likely N-dealkylation sites (N-methyl/N-ethyl adjacent to an activating group) is 1. The predicted octanol–water partition coefficient (Wildman–Crippen LogP) is 4.20. The highest BCUT2D eigenvalue weighted by Crippen LogP contribution is 2.22. The van der Waals surface area contributed by atoms with Gasteiger partial charge in [0.15, 0.2) is 5.78 Å². The standard InChI is InChI=1S/C24H31N3O3/c1-18(2)26-13-7-8-20(16-26)23(28)12-15-30-24(29)27-17-19(11-14-25(3)4)21-9-5-6-10-22(21)27/h5-7,9-10,13,16-18H,8,11-12,14-15H2,1-4H3. The van der Waals surface area contributed by atoms with Crippen LogP contribution in [0.4, 0.5) is 4.79 Å². The molecule has 1 aliphatic heterocycles. The topological polar surface area (TPSA) is 54.8 Å². The van der Waals surface area contributed by atoms with Crippen LogP contribution < -0.4 is 0 Å². The monoisotopic (exact) mass is 409 g/mol. The van der Waals surface area contributed by atoms with E-state index in [4.69, 9.17) is 4.74 Å². The van der Waals surface area contributed by atoms with Gasteiger partial charge in [0.2, 0.25) is 0 Å². The van der Waals surface area contributed by atoms with Gasteiger partial charge in [-0.1, -0.05) is 24.3 Å². The van der Waals surface area contributed by atoms with Crippen LogP contribution in [0, 0.1) is 0 Å². The normalized spacial score (nSPS) is 13.9. The lowest BCUT2D eigenvalue weighted by atomic mass is 10.0. The molecule has 160 valence electrons. The zero-order chi connectivity index (χ0) is 21.7. The number of benzene rings is 1. The van der Waals surface area contributed by atoms with Crippen molar-refractivity contribution in [2.45, 2.75) is 39.2 Å². The molecule has 3 rings (SSSR count). The minimum atomic E-state index is -0.448. The number of fused-ring (bicyclic) bond motifs is 1. The van der Waals surface area contributed by atoms with Crippen LogP contribution in [0.1, 0.15) is 32.3 Å². The molecule has 0 aliphatic carbocycles. The van der Waals surface area contributed by atoms with Gasteiger partial charge in [-0.2, -0.15) is 0 Å². The molecule has 2 aromatic rings. The third-order valence-electron chi connectivity index (χ3n) is 5.25. The van der Waals surface area contributed by atoms with Gasteiger partial charge in [-0.05, 0) is 52.4 Å². The van der Waals surface area contributed by atoms with Crippen molar-refractivity contribution in [2.24, 2.45) is 0 Å². The van der Waals surface area contributed by atoms with Crippen molar-refractivity contribution in [3.05, 3.63) is 60.1 Å². The number of ether oxygens (including phenoxy) is 1. The molecule has 0 spiro atoms. The van der Waals surface area contributed by atoms with Gasteiger partial charge >= 0.3 is 6.09 Å². The van der Waals surface area contributed by atoms with Crippen LogP contribution >= 0.6 is 0 Å². The molecule has 0 saturated carbocycles. The van der Waals surface area contributed by atoms with Crippen LogP contribution in [0.5, 0.6) is 0 Å². The summed E-state index contributed by atoms with van der Waals surface area (Å²) in [6, 6.07) is 8.13. The fourth-order valence-electron chi connectivity index (χ4n) is 3.49. The van der Waals surface area contributed by atoms with Gasteiger partial charge < -0.3 is 14.5 Å². The van der Waals surface area contributed by atoms with E-state index in [1.54, 1.807) is 4.57 Å². The number of rotatable bonds is 8. The molecule has 0 atom stereocenters. The summed E-state index contributed by atoms with van der Waals surface area (Å²) in [4.78, 5) is 29.3. The Morgan fingerprint density at radius 2 is 1.97 bits per heavy atom. The molecule has 30 heavy (non-hydrogen) atoms. The van der Waals surface area contributed by atoms with E-state index in [2.05, 4.69) is 18.7 Å². The molecule has 0 amide bonds. The second-order valence-corrected chi connectivity index (χ2v) is 8.17. The molecule has 0 bridgehead atoms. The molecule has 6 nitrogen and oxygen atoms in total. The Labute approximate surface area is 178 Å². The molecule has 1 aliphatic rings. The quantitative estimate of drug-likeness (QED) is 0.654. The summed E-state index contributed by atoms with van der Waals surface area (Å²) in [5, 5.41) is 1.06. The van der Waals surface area contributed by atoms with Crippen molar-refractivity contribution < 1.29 is 14.3 Å². The Morgan fingerprint density at radius 3 is 2.70 bits per heavy atom. The summed E-state index contributed by atoms with van der Waals surface area (Å²) in [5.41, 5.74) is 2.69. The third-order valence-corrected chi connectivity index (χ3v) is 5.25. The minimum Gasteiger partial charge on any atom is -0.448 e. The number of nitrogens with zero attached hydrogens (tertiary/aromatic N) is 3. The van der Waals surface area contributed by atoms with Crippen LogP contribution in [0.25, 0.3) is 10.9 Å². The summed E-state index contributed by atoms with van der Waals surface area (Å²) in [7, 11) is 4.06. The Bertz CT molecular complexity index is 969. The molecule has 1 aromatic carbocycles. The molecule has 0 fully saturated rings. The Hall–Kier alpha value is -2.86. The van der Waals surface area contributed by atoms with E-state index in [-0.39, 0.29) is 18.8 Å². The lowest BCUT2D eigenvalue weighted by molar-refractivity contribution is -0.116.